The highest BCUT2D eigenvalue weighted by atomic mass is 127. The van der Waals surface area contributed by atoms with Crippen molar-refractivity contribution >= 4 is 35.8 Å². The normalized spacial score (nSPS) is 15.1. The van der Waals surface area contributed by atoms with Crippen LogP contribution in [0.2, 0.25) is 0 Å². The van der Waals surface area contributed by atoms with E-state index >= 15 is 0 Å². The van der Waals surface area contributed by atoms with E-state index in [4.69, 9.17) is 9.73 Å². The third-order valence-electron chi connectivity index (χ3n) is 5.14. The summed E-state index contributed by atoms with van der Waals surface area (Å²) in [4.78, 5) is 18.8. The summed E-state index contributed by atoms with van der Waals surface area (Å²) >= 11 is 0. The van der Waals surface area contributed by atoms with E-state index in [1.807, 2.05) is 18.2 Å². The number of piperidine rings is 1. The highest BCUT2D eigenvalue weighted by Gasteiger charge is 2.21. The van der Waals surface area contributed by atoms with Crippen molar-refractivity contribution in [3.8, 4) is 5.75 Å². The summed E-state index contributed by atoms with van der Waals surface area (Å²) in [6, 6.07) is 8.47. The van der Waals surface area contributed by atoms with Gasteiger partial charge in [0.05, 0.1) is 13.2 Å². The Hall–Kier alpha value is -1.55. The molecule has 1 fully saturated rings. The molecule has 2 rings (SSSR count). The number of ether oxygens (including phenoxy) is 1. The number of nitrogens with one attached hydrogen (secondary N) is 3. The van der Waals surface area contributed by atoms with Crippen molar-refractivity contribution in [1.82, 2.24) is 20.9 Å². The summed E-state index contributed by atoms with van der Waals surface area (Å²) in [5, 5.41) is 9.84. The van der Waals surface area contributed by atoms with Gasteiger partial charge in [-0.25, -0.2) is 0 Å². The highest BCUT2D eigenvalue weighted by Crippen LogP contribution is 2.16. The lowest BCUT2D eigenvalue weighted by Gasteiger charge is -2.32. The standard InChI is InChI=1S/C23H39N5O2.HI/c1-4-13-25-22(29)18-28-15-11-20(12-16-28)27-23(24-5-2)26-14-8-17-30-21-10-7-6-9-19(21)3;/h6-7,9-10,20H,4-5,8,11-18H2,1-3H3,(H,25,29)(H2,24,26,27);1H. The van der Waals surface area contributed by atoms with Gasteiger partial charge in [-0.1, -0.05) is 25.1 Å². The third-order valence-corrected chi connectivity index (χ3v) is 5.14. The van der Waals surface area contributed by atoms with Crippen LogP contribution in [0.4, 0.5) is 0 Å². The van der Waals surface area contributed by atoms with Crippen molar-refractivity contribution in [1.29, 1.82) is 0 Å². The van der Waals surface area contributed by atoms with E-state index in [1.54, 1.807) is 0 Å². The van der Waals surface area contributed by atoms with E-state index in [1.165, 1.54) is 0 Å². The van der Waals surface area contributed by atoms with Gasteiger partial charge in [0.2, 0.25) is 5.91 Å². The number of carbonyl (C=O) groups excluding carboxylic acids is 1. The smallest absolute Gasteiger partial charge is 0.234 e. The van der Waals surface area contributed by atoms with Crippen LogP contribution in [0, 0.1) is 6.92 Å². The van der Waals surface area contributed by atoms with Gasteiger partial charge < -0.3 is 20.7 Å². The summed E-state index contributed by atoms with van der Waals surface area (Å²) in [5.41, 5.74) is 1.16. The number of aryl methyl sites for hydroxylation is 1. The first-order chi connectivity index (χ1) is 14.6. The molecule has 1 amide bonds. The van der Waals surface area contributed by atoms with E-state index in [0.717, 1.165) is 75.7 Å². The predicted octanol–water partition coefficient (Wildman–Crippen LogP) is 2.93. The van der Waals surface area contributed by atoms with Crippen molar-refractivity contribution < 1.29 is 9.53 Å². The Morgan fingerprint density at radius 2 is 1.94 bits per heavy atom. The molecule has 1 heterocycles. The Morgan fingerprint density at radius 1 is 1.19 bits per heavy atom. The fourth-order valence-corrected chi connectivity index (χ4v) is 3.43. The van der Waals surface area contributed by atoms with Gasteiger partial charge in [0, 0.05) is 45.2 Å². The van der Waals surface area contributed by atoms with Crippen molar-refractivity contribution in [3.63, 3.8) is 0 Å². The number of hydrogen-bond donors (Lipinski definition) is 3. The minimum atomic E-state index is 0. The summed E-state index contributed by atoms with van der Waals surface area (Å²) in [6.07, 6.45) is 3.88. The molecule has 3 N–H and O–H groups in total. The number of likely N-dealkylation sites (tertiary alicyclic amines) is 1. The van der Waals surface area contributed by atoms with Gasteiger partial charge in [0.1, 0.15) is 5.75 Å². The molecule has 0 bridgehead atoms. The van der Waals surface area contributed by atoms with E-state index < -0.39 is 0 Å². The van der Waals surface area contributed by atoms with Crippen LogP contribution < -0.4 is 20.7 Å². The maximum absolute atomic E-state index is 11.9. The SMILES string of the molecule is CCCNC(=O)CN1CCC(NC(=NCCCOc2ccccc2C)NCC)CC1.I. The number of rotatable bonds is 11. The molecule has 0 unspecified atom stereocenters. The topological polar surface area (TPSA) is 78.0 Å². The summed E-state index contributed by atoms with van der Waals surface area (Å²) in [7, 11) is 0. The first-order valence-corrected chi connectivity index (χ1v) is 11.3. The average molecular weight is 546 g/mol. The molecule has 1 aromatic carbocycles. The molecule has 31 heavy (non-hydrogen) atoms. The molecule has 0 atom stereocenters. The zero-order chi connectivity index (χ0) is 21.6. The number of para-hydroxylation sites is 1. The van der Waals surface area contributed by atoms with Crippen molar-refractivity contribution in [2.24, 2.45) is 4.99 Å². The van der Waals surface area contributed by atoms with Gasteiger partial charge in [0.15, 0.2) is 5.96 Å². The van der Waals surface area contributed by atoms with Gasteiger partial charge in [-0.2, -0.15) is 0 Å². The molecule has 176 valence electrons. The van der Waals surface area contributed by atoms with Crippen LogP contribution in [0.5, 0.6) is 5.75 Å². The van der Waals surface area contributed by atoms with E-state index in [0.29, 0.717) is 19.2 Å². The van der Waals surface area contributed by atoms with Crippen LogP contribution in [-0.4, -0.2) is 68.7 Å². The summed E-state index contributed by atoms with van der Waals surface area (Å²) in [5.74, 6) is 1.94. The maximum Gasteiger partial charge on any atom is 0.234 e. The van der Waals surface area contributed by atoms with Crippen LogP contribution in [0.15, 0.2) is 29.3 Å². The molecule has 0 spiro atoms. The molecule has 1 aromatic rings. The third kappa shape index (κ3) is 11.0. The number of nitrogens with zero attached hydrogens (tertiary/aromatic N) is 2. The number of carbonyl (C=O) groups is 1. The maximum atomic E-state index is 11.9. The van der Waals surface area contributed by atoms with Crippen LogP contribution in [0.3, 0.4) is 0 Å². The van der Waals surface area contributed by atoms with Crippen molar-refractivity contribution in [2.45, 2.75) is 52.5 Å². The molecule has 1 aliphatic rings. The molecule has 0 aromatic heterocycles. The highest BCUT2D eigenvalue weighted by molar-refractivity contribution is 14.0. The summed E-state index contributed by atoms with van der Waals surface area (Å²) in [6.45, 7) is 11.5. The lowest BCUT2D eigenvalue weighted by Crippen LogP contribution is -2.50. The second kappa shape index (κ2) is 16.1. The Kier molecular flexibility index (Phi) is 14.3. The molecular formula is C23H40IN5O2. The van der Waals surface area contributed by atoms with Gasteiger partial charge >= 0.3 is 0 Å². The largest absolute Gasteiger partial charge is 0.493 e. The van der Waals surface area contributed by atoms with Crippen LogP contribution in [0.1, 0.15) is 45.1 Å². The number of benzene rings is 1. The van der Waals surface area contributed by atoms with Crippen molar-refractivity contribution in [3.05, 3.63) is 29.8 Å². The number of aliphatic imine (C=N–C) groups is 1. The Labute approximate surface area is 204 Å². The summed E-state index contributed by atoms with van der Waals surface area (Å²) < 4.78 is 5.85. The van der Waals surface area contributed by atoms with Gasteiger partial charge in [-0.05, 0) is 44.7 Å². The minimum absolute atomic E-state index is 0. The number of hydrogen-bond acceptors (Lipinski definition) is 4. The first-order valence-electron chi connectivity index (χ1n) is 11.3. The van der Waals surface area contributed by atoms with Crippen LogP contribution >= 0.6 is 24.0 Å². The fourth-order valence-electron chi connectivity index (χ4n) is 3.43. The molecular weight excluding hydrogens is 505 g/mol. The quantitative estimate of drug-likeness (QED) is 0.173. The fraction of sp³-hybridized carbons (Fsp3) is 0.652. The second-order valence-electron chi connectivity index (χ2n) is 7.77. The number of guanidine groups is 1. The lowest BCUT2D eigenvalue weighted by atomic mass is 10.1. The second-order valence-corrected chi connectivity index (χ2v) is 7.77. The van der Waals surface area contributed by atoms with Gasteiger partial charge in [-0.3, -0.25) is 14.7 Å². The molecule has 8 heteroatoms. The first kappa shape index (κ1) is 27.5. The molecule has 0 aliphatic carbocycles. The minimum Gasteiger partial charge on any atom is -0.493 e. The molecule has 1 aliphatic heterocycles. The van der Waals surface area contributed by atoms with Crippen molar-refractivity contribution in [2.75, 3.05) is 45.9 Å². The van der Waals surface area contributed by atoms with Gasteiger partial charge in [-0.15, -0.1) is 24.0 Å². The van der Waals surface area contributed by atoms with E-state index in [2.05, 4.69) is 47.7 Å². The molecule has 7 nitrogen and oxygen atoms in total. The Morgan fingerprint density at radius 3 is 2.61 bits per heavy atom. The monoisotopic (exact) mass is 545 g/mol. The Balaban J connectivity index is 0.00000480. The van der Waals surface area contributed by atoms with Gasteiger partial charge in [0.25, 0.3) is 0 Å². The molecule has 0 saturated carbocycles. The van der Waals surface area contributed by atoms with Crippen LogP contribution in [-0.2, 0) is 4.79 Å². The molecule has 1 saturated heterocycles. The van der Waals surface area contributed by atoms with Crippen LogP contribution in [0.25, 0.3) is 0 Å². The predicted molar refractivity (Wildman–Crippen MR) is 139 cm³/mol. The number of amides is 1. The average Bonchev–Trinajstić information content (AvgIpc) is 2.74. The zero-order valence-corrected chi connectivity index (χ0v) is 21.6. The molecule has 0 radical (unpaired) electrons. The zero-order valence-electron chi connectivity index (χ0n) is 19.3. The Bertz CT molecular complexity index is 663. The number of halogens is 1. The lowest BCUT2D eigenvalue weighted by molar-refractivity contribution is -0.122. The van der Waals surface area contributed by atoms with E-state index in [9.17, 15) is 4.79 Å². The van der Waals surface area contributed by atoms with E-state index in [-0.39, 0.29) is 29.9 Å².